The molecule has 0 saturated carbocycles. The van der Waals surface area contributed by atoms with Crippen LogP contribution in [0, 0.1) is 5.92 Å². The van der Waals surface area contributed by atoms with Crippen molar-refractivity contribution in [2.45, 2.75) is 25.9 Å². The molecule has 26 heavy (non-hydrogen) atoms. The van der Waals surface area contributed by atoms with E-state index in [0.29, 0.717) is 17.4 Å². The summed E-state index contributed by atoms with van der Waals surface area (Å²) in [5.74, 6) is 0.540. The highest BCUT2D eigenvalue weighted by molar-refractivity contribution is 5.44. The maximum atomic E-state index is 13.0. The zero-order valence-corrected chi connectivity index (χ0v) is 14.4. The number of nitrogens with zero attached hydrogens (tertiary/aromatic N) is 5. The highest BCUT2D eigenvalue weighted by Gasteiger charge is 2.30. The molecular weight excluding hydrogens is 338 g/mol. The first-order chi connectivity index (χ1) is 12.6. The fraction of sp³-hybridized carbons (Fsp3) is 0.389. The van der Waals surface area contributed by atoms with Gasteiger partial charge in [0.15, 0.2) is 5.65 Å². The van der Waals surface area contributed by atoms with Crippen LogP contribution in [0.15, 0.2) is 42.5 Å². The Labute approximate surface area is 149 Å². The summed E-state index contributed by atoms with van der Waals surface area (Å²) >= 11 is 0. The van der Waals surface area contributed by atoms with E-state index in [1.54, 1.807) is 12.1 Å². The standard InChI is InChI=1S/C18H20F2N6/c1-12-9-25(10-13-5-3-2-4-6-13)11-14(12)21-15-7-8-16-22-23-18(17(19)20)26(16)24-15/h2-8,12,14,17H,9-11H2,1H3,(H,21,24). The van der Waals surface area contributed by atoms with Gasteiger partial charge >= 0.3 is 0 Å². The average molecular weight is 358 g/mol. The monoisotopic (exact) mass is 358 g/mol. The maximum absolute atomic E-state index is 13.0. The number of hydrogen-bond acceptors (Lipinski definition) is 5. The third kappa shape index (κ3) is 3.37. The molecule has 1 N–H and O–H groups in total. The molecule has 0 bridgehead atoms. The van der Waals surface area contributed by atoms with Gasteiger partial charge in [-0.2, -0.15) is 4.52 Å². The Morgan fingerprint density at radius 2 is 1.92 bits per heavy atom. The molecule has 1 aliphatic rings. The molecule has 6 nitrogen and oxygen atoms in total. The maximum Gasteiger partial charge on any atom is 0.299 e. The molecule has 2 atom stereocenters. The summed E-state index contributed by atoms with van der Waals surface area (Å²) in [6.45, 7) is 4.94. The van der Waals surface area contributed by atoms with Gasteiger partial charge in [-0.15, -0.1) is 15.3 Å². The number of likely N-dealkylation sites (tertiary alicyclic amines) is 1. The van der Waals surface area contributed by atoms with E-state index in [9.17, 15) is 8.78 Å². The summed E-state index contributed by atoms with van der Waals surface area (Å²) in [6.07, 6.45) is -2.71. The number of fused-ring (bicyclic) bond motifs is 1. The fourth-order valence-corrected chi connectivity index (χ4v) is 3.43. The number of hydrogen-bond donors (Lipinski definition) is 1. The number of halogens is 2. The van der Waals surface area contributed by atoms with E-state index in [2.05, 4.69) is 44.6 Å². The third-order valence-corrected chi connectivity index (χ3v) is 4.75. The average Bonchev–Trinajstić information content (AvgIpc) is 3.19. The Kier molecular flexibility index (Phi) is 4.50. The van der Waals surface area contributed by atoms with Gasteiger partial charge < -0.3 is 5.32 Å². The highest BCUT2D eigenvalue weighted by Crippen LogP contribution is 2.23. The van der Waals surface area contributed by atoms with Crippen molar-refractivity contribution in [1.82, 2.24) is 24.7 Å². The van der Waals surface area contributed by atoms with Crippen LogP contribution in [0.2, 0.25) is 0 Å². The molecule has 2 aromatic heterocycles. The molecule has 0 spiro atoms. The van der Waals surface area contributed by atoms with Gasteiger partial charge in [0.25, 0.3) is 6.43 Å². The van der Waals surface area contributed by atoms with E-state index in [1.165, 1.54) is 5.56 Å². The van der Waals surface area contributed by atoms with Gasteiger partial charge in [-0.3, -0.25) is 4.90 Å². The molecule has 8 heteroatoms. The predicted molar refractivity (Wildman–Crippen MR) is 94.0 cm³/mol. The number of aromatic nitrogens is 4. The lowest BCUT2D eigenvalue weighted by atomic mass is 10.1. The van der Waals surface area contributed by atoms with Crippen molar-refractivity contribution >= 4 is 11.5 Å². The first-order valence-corrected chi connectivity index (χ1v) is 8.63. The van der Waals surface area contributed by atoms with Gasteiger partial charge in [0.1, 0.15) is 5.82 Å². The third-order valence-electron chi connectivity index (χ3n) is 4.75. The van der Waals surface area contributed by atoms with Gasteiger partial charge in [-0.05, 0) is 23.6 Å². The first kappa shape index (κ1) is 16.8. The molecule has 3 heterocycles. The Morgan fingerprint density at radius 1 is 1.12 bits per heavy atom. The van der Waals surface area contributed by atoms with E-state index < -0.39 is 12.2 Å². The Balaban J connectivity index is 1.47. The molecule has 2 unspecified atom stereocenters. The lowest BCUT2D eigenvalue weighted by molar-refractivity contribution is 0.137. The van der Waals surface area contributed by atoms with Gasteiger partial charge in [-0.1, -0.05) is 37.3 Å². The second kappa shape index (κ2) is 6.95. The minimum atomic E-state index is -2.71. The van der Waals surface area contributed by atoms with Gasteiger partial charge in [0.05, 0.1) is 0 Å². The number of nitrogens with one attached hydrogen (secondary N) is 1. The lowest BCUT2D eigenvalue weighted by Gasteiger charge is -2.18. The van der Waals surface area contributed by atoms with Crippen molar-refractivity contribution in [2.24, 2.45) is 5.92 Å². The summed E-state index contributed by atoms with van der Waals surface area (Å²) < 4.78 is 27.1. The van der Waals surface area contributed by atoms with Crippen LogP contribution in [0.4, 0.5) is 14.6 Å². The van der Waals surface area contributed by atoms with Crippen LogP contribution in [0.1, 0.15) is 24.7 Å². The molecule has 1 aliphatic heterocycles. The number of anilines is 1. The number of rotatable bonds is 5. The van der Waals surface area contributed by atoms with E-state index >= 15 is 0 Å². The molecule has 3 aromatic rings. The molecule has 1 fully saturated rings. The molecule has 1 saturated heterocycles. The van der Waals surface area contributed by atoms with E-state index in [0.717, 1.165) is 24.1 Å². The summed E-state index contributed by atoms with van der Waals surface area (Å²) in [5.41, 5.74) is 1.60. The molecule has 0 radical (unpaired) electrons. The van der Waals surface area contributed by atoms with Gasteiger partial charge in [0, 0.05) is 25.7 Å². The Morgan fingerprint density at radius 3 is 2.69 bits per heavy atom. The molecular formula is C18H20F2N6. The summed E-state index contributed by atoms with van der Waals surface area (Å²) in [7, 11) is 0. The number of benzene rings is 1. The Hall–Kier alpha value is -2.61. The van der Waals surface area contributed by atoms with Crippen LogP contribution in [-0.2, 0) is 6.54 Å². The summed E-state index contributed by atoms with van der Waals surface area (Å²) in [6, 6.07) is 14.0. The molecule has 0 aliphatic carbocycles. The van der Waals surface area contributed by atoms with Crippen LogP contribution < -0.4 is 5.32 Å². The van der Waals surface area contributed by atoms with E-state index in [4.69, 9.17) is 0 Å². The van der Waals surface area contributed by atoms with Crippen LogP contribution >= 0.6 is 0 Å². The van der Waals surface area contributed by atoms with Crippen molar-refractivity contribution in [3.05, 3.63) is 53.9 Å². The van der Waals surface area contributed by atoms with E-state index in [-0.39, 0.29) is 6.04 Å². The minimum Gasteiger partial charge on any atom is -0.364 e. The van der Waals surface area contributed by atoms with Crippen molar-refractivity contribution in [1.29, 1.82) is 0 Å². The second-order valence-electron chi connectivity index (χ2n) is 6.76. The molecule has 136 valence electrons. The quantitative estimate of drug-likeness (QED) is 0.760. The highest BCUT2D eigenvalue weighted by atomic mass is 19.3. The second-order valence-corrected chi connectivity index (χ2v) is 6.76. The summed E-state index contributed by atoms with van der Waals surface area (Å²) in [4.78, 5) is 2.39. The van der Waals surface area contributed by atoms with Crippen LogP contribution in [-0.4, -0.2) is 43.8 Å². The van der Waals surface area contributed by atoms with Crippen molar-refractivity contribution < 1.29 is 8.78 Å². The van der Waals surface area contributed by atoms with Crippen molar-refractivity contribution in [2.75, 3.05) is 18.4 Å². The van der Waals surface area contributed by atoms with Crippen LogP contribution in [0.3, 0.4) is 0 Å². The molecule has 1 aromatic carbocycles. The van der Waals surface area contributed by atoms with Crippen molar-refractivity contribution in [3.8, 4) is 0 Å². The zero-order valence-electron chi connectivity index (χ0n) is 14.4. The Bertz CT molecular complexity index is 882. The van der Waals surface area contributed by atoms with Crippen LogP contribution in [0.5, 0.6) is 0 Å². The molecule has 4 rings (SSSR count). The van der Waals surface area contributed by atoms with E-state index in [1.807, 2.05) is 18.2 Å². The normalized spacial score (nSPS) is 20.9. The van der Waals surface area contributed by atoms with Crippen LogP contribution in [0.25, 0.3) is 5.65 Å². The van der Waals surface area contributed by atoms with Gasteiger partial charge in [-0.25, -0.2) is 8.78 Å². The summed E-state index contributed by atoms with van der Waals surface area (Å²) in [5, 5.41) is 14.9. The lowest BCUT2D eigenvalue weighted by Crippen LogP contribution is -2.28. The predicted octanol–water partition coefficient (Wildman–Crippen LogP) is 2.99. The number of alkyl halides is 2. The zero-order chi connectivity index (χ0) is 18.1. The smallest absolute Gasteiger partial charge is 0.299 e. The molecule has 0 amide bonds. The SMILES string of the molecule is CC1CN(Cc2ccccc2)CC1Nc1ccc2nnc(C(F)F)n2n1. The fourth-order valence-electron chi connectivity index (χ4n) is 3.43. The van der Waals surface area contributed by atoms with Gasteiger partial charge in [0.2, 0.25) is 5.82 Å². The van der Waals surface area contributed by atoms with Crippen molar-refractivity contribution in [3.63, 3.8) is 0 Å². The largest absolute Gasteiger partial charge is 0.364 e. The topological polar surface area (TPSA) is 58.3 Å². The first-order valence-electron chi connectivity index (χ1n) is 8.63. The minimum absolute atomic E-state index is 0.204.